The molecule has 1 unspecified atom stereocenters. The maximum Gasteiger partial charge on any atom is 0.306 e. The highest BCUT2D eigenvalue weighted by Crippen LogP contribution is 2.16. The normalized spacial score (nSPS) is 12.7. The molecule has 0 N–H and O–H groups in total. The first kappa shape index (κ1) is 62.6. The highest BCUT2D eigenvalue weighted by Gasteiger charge is 2.19. The average molecular weight is 919 g/mol. The van der Waals surface area contributed by atoms with Gasteiger partial charge in [0.1, 0.15) is 13.2 Å². The summed E-state index contributed by atoms with van der Waals surface area (Å²) in [4.78, 5) is 38.1. The fraction of sp³-hybridized carbons (Fsp3) is 0.717. The number of ether oxygens (including phenoxy) is 3. The monoisotopic (exact) mass is 919 g/mol. The summed E-state index contributed by atoms with van der Waals surface area (Å²) in [7, 11) is 0. The Hall–Kier alpha value is -3.41. The van der Waals surface area contributed by atoms with Gasteiger partial charge in [0.2, 0.25) is 0 Å². The zero-order valence-corrected chi connectivity index (χ0v) is 43.2. The third-order valence-corrected chi connectivity index (χ3v) is 11.8. The molecule has 0 saturated heterocycles. The summed E-state index contributed by atoms with van der Waals surface area (Å²) in [6.07, 6.45) is 69.9. The van der Waals surface area contributed by atoms with Gasteiger partial charge in [0.25, 0.3) is 0 Å². The minimum Gasteiger partial charge on any atom is -0.462 e. The van der Waals surface area contributed by atoms with Crippen LogP contribution in [0.3, 0.4) is 0 Å². The predicted octanol–water partition coefficient (Wildman–Crippen LogP) is 18.4. The molecule has 66 heavy (non-hydrogen) atoms. The Bertz CT molecular complexity index is 1290. The average Bonchev–Trinajstić information content (AvgIpc) is 3.31. The van der Waals surface area contributed by atoms with E-state index in [0.29, 0.717) is 19.3 Å². The first-order chi connectivity index (χ1) is 32.5. The van der Waals surface area contributed by atoms with Crippen molar-refractivity contribution in [2.75, 3.05) is 13.2 Å². The number of allylic oxidation sites excluding steroid dienone is 14. The van der Waals surface area contributed by atoms with Crippen molar-refractivity contribution in [3.63, 3.8) is 0 Å². The van der Waals surface area contributed by atoms with Gasteiger partial charge >= 0.3 is 17.9 Å². The van der Waals surface area contributed by atoms with Crippen molar-refractivity contribution in [1.29, 1.82) is 0 Å². The lowest BCUT2D eigenvalue weighted by atomic mass is 10.0. The maximum atomic E-state index is 12.8. The van der Waals surface area contributed by atoms with Crippen LogP contribution in [-0.4, -0.2) is 37.2 Å². The van der Waals surface area contributed by atoms with Crippen LogP contribution in [0.25, 0.3) is 0 Å². The molecule has 0 heterocycles. The van der Waals surface area contributed by atoms with E-state index in [9.17, 15) is 14.4 Å². The van der Waals surface area contributed by atoms with Gasteiger partial charge in [-0.3, -0.25) is 14.4 Å². The van der Waals surface area contributed by atoms with Gasteiger partial charge in [-0.1, -0.05) is 260 Å². The van der Waals surface area contributed by atoms with Crippen LogP contribution in [0.5, 0.6) is 0 Å². The van der Waals surface area contributed by atoms with Crippen molar-refractivity contribution in [3.05, 3.63) is 85.1 Å². The Kier molecular flexibility index (Phi) is 51.4. The molecule has 0 aliphatic carbocycles. The summed E-state index contributed by atoms with van der Waals surface area (Å²) in [5.41, 5.74) is 0. The van der Waals surface area contributed by atoms with Gasteiger partial charge in [0.05, 0.1) is 0 Å². The Morgan fingerprint density at radius 1 is 0.318 bits per heavy atom. The van der Waals surface area contributed by atoms with Crippen LogP contribution in [0.2, 0.25) is 0 Å². The molecule has 0 saturated carbocycles. The molecule has 0 aromatic carbocycles. The van der Waals surface area contributed by atoms with Crippen molar-refractivity contribution in [2.24, 2.45) is 0 Å². The number of hydrogen-bond donors (Lipinski definition) is 0. The summed E-state index contributed by atoms with van der Waals surface area (Å²) >= 11 is 0. The van der Waals surface area contributed by atoms with Crippen molar-refractivity contribution in [1.82, 2.24) is 0 Å². The van der Waals surface area contributed by atoms with Crippen LogP contribution >= 0.6 is 0 Å². The summed E-state index contributed by atoms with van der Waals surface area (Å²) < 4.78 is 16.8. The van der Waals surface area contributed by atoms with Crippen LogP contribution in [-0.2, 0) is 28.6 Å². The van der Waals surface area contributed by atoms with Crippen LogP contribution in [0.1, 0.15) is 258 Å². The van der Waals surface area contributed by atoms with E-state index in [0.717, 1.165) is 96.3 Å². The van der Waals surface area contributed by atoms with Crippen molar-refractivity contribution in [3.8, 4) is 0 Å². The van der Waals surface area contributed by atoms with Gasteiger partial charge in [-0.15, -0.1) is 0 Å². The second-order valence-corrected chi connectivity index (χ2v) is 18.3. The molecule has 1 atom stereocenters. The standard InChI is InChI=1S/C60H102O6/c1-4-7-10-13-16-19-22-25-28-29-30-33-35-38-41-44-47-50-53-59(62)65-56-57(66-60(63)54-51-48-45-42-39-36-32-27-24-21-18-15-12-9-6-3)55-64-58(61)52-49-46-43-40-37-34-31-26-23-20-17-14-11-8-5-2/h9,12,15-16,18-19,21-22,24-25,28-30,33,57H,4-8,10-11,13-14,17,20,23,26-27,31-32,34-56H2,1-3H3/b12-9-,18-15-,19-16-,24-21-,25-22-,29-28-,33-30-. The van der Waals surface area contributed by atoms with Crippen LogP contribution in [0.15, 0.2) is 85.1 Å². The molecule has 0 spiro atoms. The van der Waals surface area contributed by atoms with Crippen molar-refractivity contribution < 1.29 is 28.6 Å². The Labute approximate surface area is 407 Å². The number of carbonyl (C=O) groups is 3. The summed E-state index contributed by atoms with van der Waals surface area (Å²) in [5, 5.41) is 0. The maximum absolute atomic E-state index is 12.8. The minimum atomic E-state index is -0.792. The van der Waals surface area contributed by atoms with E-state index in [1.165, 1.54) is 122 Å². The predicted molar refractivity (Wildman–Crippen MR) is 284 cm³/mol. The van der Waals surface area contributed by atoms with E-state index in [2.05, 4.69) is 106 Å². The van der Waals surface area contributed by atoms with Gasteiger partial charge in [-0.25, -0.2) is 0 Å². The lowest BCUT2D eigenvalue weighted by molar-refractivity contribution is -0.167. The van der Waals surface area contributed by atoms with Gasteiger partial charge < -0.3 is 14.2 Å². The minimum absolute atomic E-state index is 0.0878. The van der Waals surface area contributed by atoms with Crippen LogP contribution in [0.4, 0.5) is 0 Å². The molecule has 0 amide bonds. The lowest BCUT2D eigenvalue weighted by Gasteiger charge is -2.18. The van der Waals surface area contributed by atoms with Crippen LogP contribution in [0, 0.1) is 0 Å². The molecule has 378 valence electrons. The molecular weight excluding hydrogens is 817 g/mol. The second-order valence-electron chi connectivity index (χ2n) is 18.3. The summed E-state index contributed by atoms with van der Waals surface area (Å²) in [5.74, 6) is -0.918. The number of carbonyl (C=O) groups excluding carboxylic acids is 3. The molecule has 0 aromatic heterocycles. The zero-order chi connectivity index (χ0) is 47.9. The molecule has 0 aromatic rings. The van der Waals surface area contributed by atoms with Gasteiger partial charge in [0.15, 0.2) is 6.10 Å². The first-order valence-electron chi connectivity index (χ1n) is 27.7. The Morgan fingerprint density at radius 2 is 0.591 bits per heavy atom. The van der Waals surface area contributed by atoms with Crippen molar-refractivity contribution >= 4 is 17.9 Å². The molecular formula is C60H102O6. The molecule has 0 aliphatic rings. The topological polar surface area (TPSA) is 78.9 Å². The highest BCUT2D eigenvalue weighted by molar-refractivity contribution is 5.71. The van der Waals surface area contributed by atoms with Crippen LogP contribution < -0.4 is 0 Å². The third kappa shape index (κ3) is 51.6. The fourth-order valence-electron chi connectivity index (χ4n) is 7.63. The molecule has 6 heteroatoms. The van der Waals surface area contributed by atoms with Crippen molar-refractivity contribution in [2.45, 2.75) is 264 Å². The fourth-order valence-corrected chi connectivity index (χ4v) is 7.63. The largest absolute Gasteiger partial charge is 0.462 e. The highest BCUT2D eigenvalue weighted by atomic mass is 16.6. The molecule has 6 nitrogen and oxygen atoms in total. The van der Waals surface area contributed by atoms with Gasteiger partial charge in [0, 0.05) is 19.3 Å². The van der Waals surface area contributed by atoms with E-state index in [-0.39, 0.29) is 31.1 Å². The van der Waals surface area contributed by atoms with E-state index >= 15 is 0 Å². The number of esters is 3. The third-order valence-electron chi connectivity index (χ3n) is 11.8. The van der Waals surface area contributed by atoms with E-state index in [1.807, 2.05) is 0 Å². The Balaban J connectivity index is 4.44. The molecule has 0 rings (SSSR count). The lowest BCUT2D eigenvalue weighted by Crippen LogP contribution is -2.30. The van der Waals surface area contributed by atoms with E-state index in [4.69, 9.17) is 14.2 Å². The van der Waals surface area contributed by atoms with Gasteiger partial charge in [-0.2, -0.15) is 0 Å². The first-order valence-corrected chi connectivity index (χ1v) is 27.7. The zero-order valence-electron chi connectivity index (χ0n) is 43.2. The molecule has 0 radical (unpaired) electrons. The van der Waals surface area contributed by atoms with Gasteiger partial charge in [-0.05, 0) is 64.2 Å². The van der Waals surface area contributed by atoms with E-state index < -0.39 is 6.10 Å². The number of rotatable bonds is 49. The second kappa shape index (κ2) is 54.2. The molecule has 0 aliphatic heterocycles. The number of unbranched alkanes of at least 4 members (excludes halogenated alkanes) is 29. The van der Waals surface area contributed by atoms with E-state index in [1.54, 1.807) is 0 Å². The SMILES string of the molecule is CC\C=C/C=C\C=C/CCCCCCCCCC(=O)OC(COC(=O)CCCCCCC\C=C/C=C\C=C/C=C\CCCCC)COC(=O)CCCCCCCCCCCCCCCCC. The summed E-state index contributed by atoms with van der Waals surface area (Å²) in [6.45, 7) is 6.45. The summed E-state index contributed by atoms with van der Waals surface area (Å²) in [6, 6.07) is 0. The smallest absolute Gasteiger partial charge is 0.306 e. The quantitative estimate of drug-likeness (QED) is 0.0262. The number of hydrogen-bond acceptors (Lipinski definition) is 6. The molecule has 0 fully saturated rings. The Morgan fingerprint density at radius 3 is 0.955 bits per heavy atom. The molecule has 0 bridgehead atoms.